The molecule has 8 heteroatoms. The van der Waals surface area contributed by atoms with Gasteiger partial charge in [-0.3, -0.25) is 4.79 Å². The van der Waals surface area contributed by atoms with Gasteiger partial charge < -0.3 is 9.84 Å². The molecule has 2 unspecified atom stereocenters. The van der Waals surface area contributed by atoms with Gasteiger partial charge in [0.2, 0.25) is 10.0 Å². The molecule has 1 aliphatic heterocycles. The van der Waals surface area contributed by atoms with Crippen molar-refractivity contribution in [2.75, 3.05) is 13.2 Å². The minimum atomic E-state index is -3.64. The number of ether oxygens (including phenoxy) is 1. The van der Waals surface area contributed by atoms with E-state index in [-0.39, 0.29) is 24.9 Å². The molecule has 1 heterocycles. The highest BCUT2D eigenvalue weighted by molar-refractivity contribution is 7.88. The van der Waals surface area contributed by atoms with E-state index in [9.17, 15) is 18.0 Å². The lowest BCUT2D eigenvalue weighted by Gasteiger charge is -2.35. The first-order valence-corrected chi connectivity index (χ1v) is 9.84. The van der Waals surface area contributed by atoms with E-state index in [2.05, 4.69) is 0 Å². The summed E-state index contributed by atoms with van der Waals surface area (Å²) in [6.45, 7) is 3.77. The van der Waals surface area contributed by atoms with Gasteiger partial charge in [-0.1, -0.05) is 12.1 Å². The molecule has 1 N–H and O–H groups in total. The standard InChI is InChI=1S/C17H23NO6S/c1-3-24-17(21)14-8-5-13(6-9-14)11-25(22,23)18-10-15(16(19)20)7-4-12(18)2/h5-6,8-9,12,15H,3-4,7,10-11H2,1-2H3,(H,19,20). The fourth-order valence-corrected chi connectivity index (χ4v) is 4.75. The molecule has 0 saturated carbocycles. The summed E-state index contributed by atoms with van der Waals surface area (Å²) >= 11 is 0. The highest BCUT2D eigenvalue weighted by atomic mass is 32.2. The molecule has 138 valence electrons. The van der Waals surface area contributed by atoms with Crippen LogP contribution in [0.4, 0.5) is 0 Å². The smallest absolute Gasteiger partial charge is 0.338 e. The second kappa shape index (κ2) is 7.97. The van der Waals surface area contributed by atoms with Crippen molar-refractivity contribution in [1.82, 2.24) is 4.31 Å². The van der Waals surface area contributed by atoms with Crippen LogP contribution in [0.3, 0.4) is 0 Å². The van der Waals surface area contributed by atoms with E-state index >= 15 is 0 Å². The first kappa shape index (κ1) is 19.4. The Morgan fingerprint density at radius 1 is 1.24 bits per heavy atom. The highest BCUT2D eigenvalue weighted by Crippen LogP contribution is 2.26. The number of rotatable bonds is 6. The lowest BCUT2D eigenvalue weighted by molar-refractivity contribution is -0.143. The number of hydrogen-bond donors (Lipinski definition) is 1. The van der Waals surface area contributed by atoms with Gasteiger partial charge in [0.1, 0.15) is 0 Å². The number of sulfonamides is 1. The minimum Gasteiger partial charge on any atom is -0.481 e. The summed E-state index contributed by atoms with van der Waals surface area (Å²) in [5.74, 6) is -2.32. The van der Waals surface area contributed by atoms with Gasteiger partial charge in [-0.05, 0) is 44.4 Å². The molecule has 1 aromatic carbocycles. The average molecular weight is 369 g/mol. The minimum absolute atomic E-state index is 0.000255. The van der Waals surface area contributed by atoms with Gasteiger partial charge in [-0.15, -0.1) is 0 Å². The van der Waals surface area contributed by atoms with Crippen molar-refractivity contribution >= 4 is 22.0 Å². The van der Waals surface area contributed by atoms with Gasteiger partial charge in [-0.25, -0.2) is 13.2 Å². The zero-order valence-electron chi connectivity index (χ0n) is 14.3. The molecule has 1 fully saturated rings. The molecule has 25 heavy (non-hydrogen) atoms. The van der Waals surface area contributed by atoms with Crippen LogP contribution in [-0.4, -0.2) is 49.0 Å². The predicted octanol–water partition coefficient (Wildman–Crippen LogP) is 1.88. The number of carboxylic acids is 1. The van der Waals surface area contributed by atoms with E-state index in [0.717, 1.165) is 0 Å². The van der Waals surface area contributed by atoms with E-state index < -0.39 is 27.9 Å². The first-order chi connectivity index (χ1) is 11.7. The zero-order valence-corrected chi connectivity index (χ0v) is 15.2. The molecule has 0 aromatic heterocycles. The largest absolute Gasteiger partial charge is 0.481 e. The number of benzene rings is 1. The van der Waals surface area contributed by atoms with Crippen molar-refractivity contribution in [3.8, 4) is 0 Å². The third-order valence-electron chi connectivity index (χ3n) is 4.35. The highest BCUT2D eigenvalue weighted by Gasteiger charge is 2.36. The summed E-state index contributed by atoms with van der Waals surface area (Å²) in [6.07, 6.45) is 1.01. The monoisotopic (exact) mass is 369 g/mol. The molecule has 7 nitrogen and oxygen atoms in total. The Morgan fingerprint density at radius 2 is 1.88 bits per heavy atom. The van der Waals surface area contributed by atoms with Crippen LogP contribution < -0.4 is 0 Å². The maximum absolute atomic E-state index is 12.7. The lowest BCUT2D eigenvalue weighted by Crippen LogP contribution is -2.47. The van der Waals surface area contributed by atoms with Crippen LogP contribution in [0.2, 0.25) is 0 Å². The quantitative estimate of drug-likeness (QED) is 0.768. The molecule has 1 aliphatic rings. The number of piperidine rings is 1. The number of hydrogen-bond acceptors (Lipinski definition) is 5. The van der Waals surface area contributed by atoms with Crippen LogP contribution in [0, 0.1) is 5.92 Å². The Labute approximate surface area is 147 Å². The van der Waals surface area contributed by atoms with Crippen molar-refractivity contribution in [2.24, 2.45) is 5.92 Å². The van der Waals surface area contributed by atoms with Crippen LogP contribution in [0.5, 0.6) is 0 Å². The van der Waals surface area contributed by atoms with Crippen molar-refractivity contribution in [1.29, 1.82) is 0 Å². The molecule has 0 aliphatic carbocycles. The Balaban J connectivity index is 2.12. The van der Waals surface area contributed by atoms with Crippen molar-refractivity contribution in [2.45, 2.75) is 38.5 Å². The molecule has 0 radical (unpaired) electrons. The number of nitrogens with zero attached hydrogens (tertiary/aromatic N) is 1. The summed E-state index contributed by atoms with van der Waals surface area (Å²) in [5, 5.41) is 9.16. The van der Waals surface area contributed by atoms with Gasteiger partial charge in [-0.2, -0.15) is 4.31 Å². The molecule has 2 rings (SSSR count). The fraction of sp³-hybridized carbons (Fsp3) is 0.529. The molecule has 1 saturated heterocycles. The van der Waals surface area contributed by atoms with Crippen LogP contribution in [0.1, 0.15) is 42.6 Å². The van der Waals surface area contributed by atoms with Crippen LogP contribution >= 0.6 is 0 Å². The fourth-order valence-electron chi connectivity index (χ4n) is 2.91. The van der Waals surface area contributed by atoms with Gasteiger partial charge in [0, 0.05) is 12.6 Å². The number of carboxylic acid groups (broad SMARTS) is 1. The normalized spacial score (nSPS) is 21.7. The van der Waals surface area contributed by atoms with E-state index in [1.807, 2.05) is 0 Å². The summed E-state index contributed by atoms with van der Waals surface area (Å²) in [7, 11) is -3.64. The number of carbonyl (C=O) groups is 2. The van der Waals surface area contributed by atoms with E-state index in [1.165, 1.54) is 16.4 Å². The molecule has 0 spiro atoms. The number of carbonyl (C=O) groups excluding carboxylic acids is 1. The predicted molar refractivity (Wildman–Crippen MR) is 91.6 cm³/mol. The van der Waals surface area contributed by atoms with Gasteiger partial charge >= 0.3 is 11.9 Å². The Bertz CT molecular complexity index is 728. The third kappa shape index (κ3) is 4.79. The van der Waals surface area contributed by atoms with Crippen molar-refractivity contribution in [3.63, 3.8) is 0 Å². The van der Waals surface area contributed by atoms with Crippen LogP contribution in [0.25, 0.3) is 0 Å². The maximum atomic E-state index is 12.7. The summed E-state index contributed by atoms with van der Waals surface area (Å²) < 4.78 is 31.6. The molecular weight excluding hydrogens is 346 g/mol. The first-order valence-electron chi connectivity index (χ1n) is 8.23. The summed E-state index contributed by atoms with van der Waals surface area (Å²) in [6, 6.07) is 5.99. The Kier molecular flexibility index (Phi) is 6.18. The van der Waals surface area contributed by atoms with Crippen molar-refractivity contribution in [3.05, 3.63) is 35.4 Å². The molecule has 2 atom stereocenters. The maximum Gasteiger partial charge on any atom is 0.338 e. The topological polar surface area (TPSA) is 101 Å². The SMILES string of the molecule is CCOC(=O)c1ccc(CS(=O)(=O)N2CC(C(=O)O)CCC2C)cc1. The zero-order chi connectivity index (χ0) is 18.6. The Hall–Kier alpha value is -1.93. The summed E-state index contributed by atoms with van der Waals surface area (Å²) in [4.78, 5) is 22.8. The van der Waals surface area contributed by atoms with Crippen molar-refractivity contribution < 1.29 is 27.9 Å². The average Bonchev–Trinajstić information content (AvgIpc) is 2.55. The summed E-state index contributed by atoms with van der Waals surface area (Å²) in [5.41, 5.74) is 0.901. The number of aliphatic carboxylic acids is 1. The number of esters is 1. The van der Waals surface area contributed by atoms with E-state index in [1.54, 1.807) is 26.0 Å². The second-order valence-electron chi connectivity index (χ2n) is 6.20. The molecule has 0 bridgehead atoms. The lowest BCUT2D eigenvalue weighted by atomic mass is 9.96. The van der Waals surface area contributed by atoms with E-state index in [0.29, 0.717) is 24.0 Å². The van der Waals surface area contributed by atoms with Crippen LogP contribution in [-0.2, 0) is 25.3 Å². The van der Waals surface area contributed by atoms with Gasteiger partial charge in [0.05, 0.1) is 23.8 Å². The molecular formula is C17H23NO6S. The van der Waals surface area contributed by atoms with Crippen LogP contribution in [0.15, 0.2) is 24.3 Å². The third-order valence-corrected chi connectivity index (χ3v) is 6.27. The van der Waals surface area contributed by atoms with E-state index in [4.69, 9.17) is 9.84 Å². The molecule has 1 aromatic rings. The van der Waals surface area contributed by atoms with Gasteiger partial charge in [0.15, 0.2) is 0 Å². The van der Waals surface area contributed by atoms with Gasteiger partial charge in [0.25, 0.3) is 0 Å². The molecule has 0 amide bonds. The Morgan fingerprint density at radius 3 is 2.44 bits per heavy atom. The second-order valence-corrected chi connectivity index (χ2v) is 8.13.